The highest BCUT2D eigenvalue weighted by atomic mass is 16.3. The van der Waals surface area contributed by atoms with Crippen molar-refractivity contribution >= 4 is 17.5 Å². The molecule has 1 aliphatic heterocycles. The van der Waals surface area contributed by atoms with Crippen LogP contribution in [0.25, 0.3) is 0 Å². The molecule has 1 fully saturated rings. The van der Waals surface area contributed by atoms with E-state index in [0.29, 0.717) is 38.2 Å². The Labute approximate surface area is 171 Å². The summed E-state index contributed by atoms with van der Waals surface area (Å²) >= 11 is 0. The third-order valence-electron chi connectivity index (χ3n) is 5.58. The maximum absolute atomic E-state index is 12.5. The smallest absolute Gasteiger partial charge is 0.237 e. The molecule has 0 aliphatic carbocycles. The summed E-state index contributed by atoms with van der Waals surface area (Å²) in [5, 5.41) is 15.6. The van der Waals surface area contributed by atoms with Gasteiger partial charge in [0.15, 0.2) is 0 Å². The first-order valence-electron chi connectivity index (χ1n) is 10.1. The van der Waals surface area contributed by atoms with E-state index in [1.54, 1.807) is 24.3 Å². The zero-order valence-electron chi connectivity index (χ0n) is 17.0. The number of phenols is 1. The van der Waals surface area contributed by atoms with E-state index < -0.39 is 0 Å². The van der Waals surface area contributed by atoms with Crippen LogP contribution in [0.5, 0.6) is 5.75 Å². The van der Waals surface area contributed by atoms with Gasteiger partial charge in [0.05, 0.1) is 11.7 Å². The van der Waals surface area contributed by atoms with Crippen LogP contribution in [0.3, 0.4) is 0 Å². The largest absolute Gasteiger partial charge is 0.506 e. The SMILES string of the molecule is Cc1ccc(CNC(=O)[C@@H](C)N2CCC(C(=O)Nc3ccccc3O)CC2)cc1. The van der Waals surface area contributed by atoms with Crippen molar-refractivity contribution in [1.82, 2.24) is 10.2 Å². The van der Waals surface area contributed by atoms with Crippen molar-refractivity contribution in [1.29, 1.82) is 0 Å². The second kappa shape index (κ2) is 9.56. The fourth-order valence-electron chi connectivity index (χ4n) is 3.57. The molecule has 0 spiro atoms. The Hall–Kier alpha value is -2.86. The van der Waals surface area contributed by atoms with Crippen LogP contribution in [0.1, 0.15) is 30.9 Å². The van der Waals surface area contributed by atoms with Crippen molar-refractivity contribution in [3.8, 4) is 5.75 Å². The fraction of sp³-hybridized carbons (Fsp3) is 0.391. The van der Waals surface area contributed by atoms with Crippen LogP contribution in [0, 0.1) is 12.8 Å². The van der Waals surface area contributed by atoms with Gasteiger partial charge in [0.25, 0.3) is 0 Å². The number of rotatable bonds is 6. The molecule has 3 N–H and O–H groups in total. The number of carbonyl (C=O) groups is 2. The van der Waals surface area contributed by atoms with E-state index in [9.17, 15) is 14.7 Å². The van der Waals surface area contributed by atoms with E-state index in [4.69, 9.17) is 0 Å². The summed E-state index contributed by atoms with van der Waals surface area (Å²) < 4.78 is 0. The molecule has 3 rings (SSSR count). The zero-order chi connectivity index (χ0) is 20.8. The van der Waals surface area contributed by atoms with Crippen LogP contribution in [-0.2, 0) is 16.1 Å². The molecule has 6 heteroatoms. The highest BCUT2D eigenvalue weighted by Gasteiger charge is 2.29. The maximum Gasteiger partial charge on any atom is 0.237 e. The Morgan fingerprint density at radius 3 is 2.41 bits per heavy atom. The highest BCUT2D eigenvalue weighted by Crippen LogP contribution is 2.25. The third kappa shape index (κ3) is 5.57. The predicted octanol–water partition coefficient (Wildman–Crippen LogP) is 3.06. The molecule has 2 amide bonds. The van der Waals surface area contributed by atoms with Gasteiger partial charge in [-0.15, -0.1) is 0 Å². The first-order valence-corrected chi connectivity index (χ1v) is 10.1. The number of aromatic hydroxyl groups is 1. The third-order valence-corrected chi connectivity index (χ3v) is 5.58. The van der Waals surface area contributed by atoms with Crippen molar-refractivity contribution in [2.24, 2.45) is 5.92 Å². The Morgan fingerprint density at radius 1 is 1.10 bits per heavy atom. The van der Waals surface area contributed by atoms with Crippen LogP contribution < -0.4 is 10.6 Å². The maximum atomic E-state index is 12.5. The summed E-state index contributed by atoms with van der Waals surface area (Å²) in [6, 6.07) is 14.6. The molecule has 0 unspecified atom stereocenters. The van der Waals surface area contributed by atoms with Crippen molar-refractivity contribution in [3.63, 3.8) is 0 Å². The van der Waals surface area contributed by atoms with Crippen LogP contribution >= 0.6 is 0 Å². The molecular formula is C23H29N3O3. The summed E-state index contributed by atoms with van der Waals surface area (Å²) in [7, 11) is 0. The minimum absolute atomic E-state index is 0.00249. The van der Waals surface area contributed by atoms with Crippen molar-refractivity contribution < 1.29 is 14.7 Å². The van der Waals surface area contributed by atoms with Gasteiger partial charge >= 0.3 is 0 Å². The molecule has 1 heterocycles. The Bertz CT molecular complexity index is 843. The van der Waals surface area contributed by atoms with Gasteiger partial charge in [-0.2, -0.15) is 0 Å². The molecule has 6 nitrogen and oxygen atoms in total. The lowest BCUT2D eigenvalue weighted by atomic mass is 9.94. The lowest BCUT2D eigenvalue weighted by Crippen LogP contribution is -2.49. The highest BCUT2D eigenvalue weighted by molar-refractivity contribution is 5.94. The number of hydrogen-bond acceptors (Lipinski definition) is 4. The van der Waals surface area contributed by atoms with Gasteiger partial charge in [0.1, 0.15) is 5.75 Å². The van der Waals surface area contributed by atoms with Gasteiger partial charge in [-0.25, -0.2) is 0 Å². The Kier molecular flexibility index (Phi) is 6.88. The Balaban J connectivity index is 1.45. The number of carbonyl (C=O) groups excluding carboxylic acids is 2. The second-order valence-corrected chi connectivity index (χ2v) is 7.70. The van der Waals surface area contributed by atoms with Gasteiger partial charge in [0, 0.05) is 12.5 Å². The molecule has 1 saturated heterocycles. The molecule has 0 saturated carbocycles. The molecule has 1 aliphatic rings. The summed E-state index contributed by atoms with van der Waals surface area (Å²) in [6.45, 7) is 5.85. The number of aryl methyl sites for hydroxylation is 1. The predicted molar refractivity (Wildman–Crippen MR) is 114 cm³/mol. The molecule has 0 bridgehead atoms. The molecule has 0 aromatic heterocycles. The summed E-state index contributed by atoms with van der Waals surface area (Å²) in [6.07, 6.45) is 1.38. The molecule has 2 aromatic carbocycles. The van der Waals surface area contributed by atoms with E-state index >= 15 is 0 Å². The molecule has 1 atom stereocenters. The van der Waals surface area contributed by atoms with Crippen LogP contribution in [0.2, 0.25) is 0 Å². The average molecular weight is 396 g/mol. The monoisotopic (exact) mass is 395 g/mol. The van der Waals surface area contributed by atoms with Crippen LogP contribution in [0.4, 0.5) is 5.69 Å². The second-order valence-electron chi connectivity index (χ2n) is 7.70. The van der Waals surface area contributed by atoms with Crippen molar-refractivity contribution in [2.45, 2.75) is 39.3 Å². The van der Waals surface area contributed by atoms with Gasteiger partial charge < -0.3 is 15.7 Å². The van der Waals surface area contributed by atoms with Gasteiger partial charge in [-0.3, -0.25) is 14.5 Å². The number of nitrogens with one attached hydrogen (secondary N) is 2. The van der Waals surface area contributed by atoms with Gasteiger partial charge in [-0.05, 0) is 57.5 Å². The molecule has 2 aromatic rings. The number of benzene rings is 2. The minimum atomic E-state index is -0.234. The van der Waals surface area contributed by atoms with E-state index in [1.165, 1.54) is 5.56 Å². The summed E-state index contributed by atoms with van der Waals surface area (Å²) in [4.78, 5) is 27.1. The minimum Gasteiger partial charge on any atom is -0.506 e. The Morgan fingerprint density at radius 2 is 1.76 bits per heavy atom. The van der Waals surface area contributed by atoms with E-state index in [0.717, 1.165) is 5.56 Å². The number of anilines is 1. The molecule has 29 heavy (non-hydrogen) atoms. The van der Waals surface area contributed by atoms with Crippen LogP contribution in [-0.4, -0.2) is 41.0 Å². The molecule has 154 valence electrons. The molecular weight excluding hydrogens is 366 g/mol. The zero-order valence-corrected chi connectivity index (χ0v) is 17.0. The fourth-order valence-corrected chi connectivity index (χ4v) is 3.57. The molecule has 0 radical (unpaired) electrons. The first kappa shape index (κ1) is 20.9. The van der Waals surface area contributed by atoms with Gasteiger partial charge in [-0.1, -0.05) is 42.0 Å². The number of piperidine rings is 1. The normalized spacial score (nSPS) is 16.2. The van der Waals surface area contributed by atoms with E-state index in [-0.39, 0.29) is 29.5 Å². The number of nitrogens with zero attached hydrogens (tertiary/aromatic N) is 1. The van der Waals surface area contributed by atoms with Crippen molar-refractivity contribution in [2.75, 3.05) is 18.4 Å². The number of hydrogen-bond donors (Lipinski definition) is 3. The number of phenolic OH excluding ortho intramolecular Hbond substituents is 1. The van der Waals surface area contributed by atoms with Gasteiger partial charge in [0.2, 0.25) is 11.8 Å². The topological polar surface area (TPSA) is 81.7 Å². The number of amides is 2. The average Bonchev–Trinajstić information content (AvgIpc) is 2.74. The quantitative estimate of drug-likeness (QED) is 0.657. The lowest BCUT2D eigenvalue weighted by Gasteiger charge is -2.34. The number of likely N-dealkylation sites (tertiary alicyclic amines) is 1. The van der Waals surface area contributed by atoms with E-state index in [2.05, 4.69) is 15.5 Å². The lowest BCUT2D eigenvalue weighted by molar-refractivity contribution is -0.127. The van der Waals surface area contributed by atoms with E-state index in [1.807, 2.05) is 38.1 Å². The number of para-hydroxylation sites is 2. The first-order chi connectivity index (χ1) is 13.9. The van der Waals surface area contributed by atoms with Crippen molar-refractivity contribution in [3.05, 3.63) is 59.7 Å². The standard InChI is InChI=1S/C23H29N3O3/c1-16-7-9-18(10-8-16)15-24-22(28)17(2)26-13-11-19(12-14-26)23(29)25-20-5-3-4-6-21(20)27/h3-10,17,19,27H,11-15H2,1-2H3,(H,24,28)(H,25,29)/t17-/m1/s1. The summed E-state index contributed by atoms with van der Waals surface area (Å²) in [5.74, 6) is -0.129. The summed E-state index contributed by atoms with van der Waals surface area (Å²) in [5.41, 5.74) is 2.71. The van der Waals surface area contributed by atoms with Crippen LogP contribution in [0.15, 0.2) is 48.5 Å².